The van der Waals surface area contributed by atoms with Crippen molar-refractivity contribution in [1.82, 2.24) is 4.90 Å². The highest BCUT2D eigenvalue weighted by atomic mass is 32.1. The summed E-state index contributed by atoms with van der Waals surface area (Å²) in [7, 11) is 0. The molecule has 1 fully saturated rings. The van der Waals surface area contributed by atoms with Crippen LogP contribution in [-0.4, -0.2) is 40.5 Å². The summed E-state index contributed by atoms with van der Waals surface area (Å²) in [6, 6.07) is 7.08. The Bertz CT molecular complexity index is 602. The average Bonchev–Trinajstić information content (AvgIpc) is 2.78. The number of carbonyl (C=O) groups is 2. The fourth-order valence-electron chi connectivity index (χ4n) is 2.74. The van der Waals surface area contributed by atoms with Crippen molar-refractivity contribution in [2.45, 2.75) is 25.5 Å². The van der Waals surface area contributed by atoms with E-state index in [0.717, 1.165) is 5.69 Å². The first-order chi connectivity index (χ1) is 9.56. The predicted molar refractivity (Wildman–Crippen MR) is 77.7 cm³/mol. The van der Waals surface area contributed by atoms with Gasteiger partial charge in [0.2, 0.25) is 0 Å². The van der Waals surface area contributed by atoms with Crippen molar-refractivity contribution in [1.29, 1.82) is 0 Å². The molecule has 0 spiro atoms. The van der Waals surface area contributed by atoms with E-state index in [2.05, 4.69) is 5.32 Å². The second kappa shape index (κ2) is 4.86. The summed E-state index contributed by atoms with van der Waals surface area (Å²) < 4.78 is 5.21. The van der Waals surface area contributed by atoms with Crippen LogP contribution in [0, 0.1) is 0 Å². The zero-order valence-corrected chi connectivity index (χ0v) is 11.8. The van der Waals surface area contributed by atoms with Crippen LogP contribution < -0.4 is 5.32 Å². The molecule has 20 heavy (non-hydrogen) atoms. The Morgan fingerprint density at radius 2 is 2.20 bits per heavy atom. The number of anilines is 1. The smallest absolute Gasteiger partial charge is 0.302 e. The van der Waals surface area contributed by atoms with E-state index in [-0.39, 0.29) is 24.0 Å². The summed E-state index contributed by atoms with van der Waals surface area (Å²) in [6.07, 6.45) is 0.261. The van der Waals surface area contributed by atoms with Gasteiger partial charge in [-0.15, -0.1) is 0 Å². The van der Waals surface area contributed by atoms with Gasteiger partial charge >= 0.3 is 5.97 Å². The highest BCUT2D eigenvalue weighted by molar-refractivity contribution is 7.80. The normalized spacial score (nSPS) is 24.6. The molecule has 0 aromatic heterocycles. The zero-order valence-electron chi connectivity index (χ0n) is 11.0. The molecule has 1 saturated heterocycles. The molecular weight excluding hydrogens is 276 g/mol. The maximum atomic E-state index is 12.6. The van der Waals surface area contributed by atoms with Crippen molar-refractivity contribution < 1.29 is 14.3 Å². The van der Waals surface area contributed by atoms with Crippen molar-refractivity contribution in [3.05, 3.63) is 29.8 Å². The third kappa shape index (κ3) is 2.16. The van der Waals surface area contributed by atoms with Gasteiger partial charge in [-0.25, -0.2) is 0 Å². The Morgan fingerprint density at radius 1 is 1.45 bits per heavy atom. The van der Waals surface area contributed by atoms with Crippen LogP contribution in [-0.2, 0) is 9.53 Å². The number of para-hydroxylation sites is 1. The number of ether oxygens (including phenoxy) is 1. The molecule has 2 atom stereocenters. The predicted octanol–water partition coefficient (Wildman–Crippen LogP) is 1.59. The molecular formula is C14H14N2O3S. The number of hydrogen-bond acceptors (Lipinski definition) is 4. The van der Waals surface area contributed by atoms with E-state index >= 15 is 0 Å². The van der Waals surface area contributed by atoms with E-state index < -0.39 is 0 Å². The monoisotopic (exact) mass is 290 g/mol. The molecule has 2 aliphatic rings. The minimum Gasteiger partial charge on any atom is -0.461 e. The summed E-state index contributed by atoms with van der Waals surface area (Å²) in [5.41, 5.74) is 1.33. The summed E-state index contributed by atoms with van der Waals surface area (Å²) >= 11 is 5.38. The van der Waals surface area contributed by atoms with Crippen molar-refractivity contribution in [2.75, 3.05) is 11.9 Å². The summed E-state index contributed by atoms with van der Waals surface area (Å²) in [5.74, 6) is -0.410. The molecule has 5 nitrogen and oxygen atoms in total. The SMILES string of the molecule is CC(=O)O[C@@H]1C[C@H]2C(=S)Nc3ccccc3C(=O)N2C1. The number of nitrogens with one attached hydrogen (secondary N) is 1. The Labute approximate surface area is 121 Å². The van der Waals surface area contributed by atoms with Crippen LogP contribution >= 0.6 is 12.2 Å². The standard InChI is InChI=1S/C14H14N2O3S/c1-8(17)19-9-6-12-13(20)15-11-5-3-2-4-10(11)14(18)16(12)7-9/h2-5,9,12H,6-7H2,1H3,(H,15,20)/t9-,12+/m1/s1. The van der Waals surface area contributed by atoms with Crippen LogP contribution in [0.4, 0.5) is 5.69 Å². The summed E-state index contributed by atoms with van der Waals surface area (Å²) in [4.78, 5) is 25.9. The first-order valence-electron chi connectivity index (χ1n) is 6.44. The highest BCUT2D eigenvalue weighted by Gasteiger charge is 2.41. The quantitative estimate of drug-likeness (QED) is 0.628. The lowest BCUT2D eigenvalue weighted by Gasteiger charge is -2.21. The molecule has 3 rings (SSSR count). The Hall–Kier alpha value is -1.95. The molecule has 0 radical (unpaired) electrons. The van der Waals surface area contributed by atoms with E-state index in [4.69, 9.17) is 17.0 Å². The number of carbonyl (C=O) groups excluding carboxylic acids is 2. The van der Waals surface area contributed by atoms with E-state index in [9.17, 15) is 9.59 Å². The third-order valence-corrected chi connectivity index (χ3v) is 3.95. The lowest BCUT2D eigenvalue weighted by atomic mass is 10.1. The van der Waals surface area contributed by atoms with Gasteiger partial charge in [0, 0.05) is 13.3 Å². The first-order valence-corrected chi connectivity index (χ1v) is 6.85. The lowest BCUT2D eigenvalue weighted by molar-refractivity contribution is -0.145. The first kappa shape index (κ1) is 13.1. The number of fused-ring (bicyclic) bond motifs is 2. The van der Waals surface area contributed by atoms with Crippen molar-refractivity contribution in [3.8, 4) is 0 Å². The Kier molecular flexibility index (Phi) is 3.17. The van der Waals surface area contributed by atoms with Gasteiger partial charge in [-0.05, 0) is 12.1 Å². The van der Waals surface area contributed by atoms with Crippen LogP contribution in [0.2, 0.25) is 0 Å². The third-order valence-electron chi connectivity index (χ3n) is 3.57. The summed E-state index contributed by atoms with van der Waals surface area (Å²) in [5, 5.41) is 3.13. The molecule has 6 heteroatoms. The minimum atomic E-state index is -0.334. The van der Waals surface area contributed by atoms with Gasteiger partial charge < -0.3 is 15.0 Å². The molecule has 1 aromatic rings. The topological polar surface area (TPSA) is 58.6 Å². The molecule has 0 bridgehead atoms. The molecule has 2 heterocycles. The molecule has 1 N–H and O–H groups in total. The Morgan fingerprint density at radius 3 is 2.95 bits per heavy atom. The summed E-state index contributed by atoms with van der Waals surface area (Å²) in [6.45, 7) is 1.76. The molecule has 104 valence electrons. The number of amides is 1. The largest absolute Gasteiger partial charge is 0.461 e. The van der Waals surface area contributed by atoms with Crippen LogP contribution in [0.1, 0.15) is 23.7 Å². The van der Waals surface area contributed by atoms with Gasteiger partial charge in [-0.1, -0.05) is 24.4 Å². The minimum absolute atomic E-state index is 0.0763. The Balaban J connectivity index is 1.92. The van der Waals surface area contributed by atoms with Crippen LogP contribution in [0.3, 0.4) is 0 Å². The van der Waals surface area contributed by atoms with Crippen LogP contribution in [0.15, 0.2) is 24.3 Å². The molecule has 2 aliphatic heterocycles. The van der Waals surface area contributed by atoms with Gasteiger partial charge in [-0.2, -0.15) is 0 Å². The molecule has 1 amide bonds. The highest BCUT2D eigenvalue weighted by Crippen LogP contribution is 2.30. The van der Waals surface area contributed by atoms with Gasteiger partial charge in [-0.3, -0.25) is 9.59 Å². The lowest BCUT2D eigenvalue weighted by Crippen LogP contribution is -2.39. The number of esters is 1. The van der Waals surface area contributed by atoms with Crippen molar-refractivity contribution in [3.63, 3.8) is 0 Å². The second-order valence-corrected chi connectivity index (χ2v) is 5.42. The van der Waals surface area contributed by atoms with Crippen molar-refractivity contribution in [2.24, 2.45) is 0 Å². The van der Waals surface area contributed by atoms with Crippen molar-refractivity contribution >= 4 is 34.8 Å². The van der Waals surface area contributed by atoms with E-state index in [1.807, 2.05) is 18.2 Å². The van der Waals surface area contributed by atoms with E-state index in [1.165, 1.54) is 6.92 Å². The molecule has 1 aromatic carbocycles. The van der Waals surface area contributed by atoms with Crippen LogP contribution in [0.5, 0.6) is 0 Å². The fourth-order valence-corrected chi connectivity index (χ4v) is 3.07. The van der Waals surface area contributed by atoms with E-state index in [1.54, 1.807) is 11.0 Å². The average molecular weight is 290 g/mol. The number of nitrogens with zero attached hydrogens (tertiary/aromatic N) is 1. The molecule has 0 unspecified atom stereocenters. The number of thiocarbonyl (C=S) groups is 1. The van der Waals surface area contributed by atoms with Crippen LogP contribution in [0.25, 0.3) is 0 Å². The van der Waals surface area contributed by atoms with Gasteiger partial charge in [0.05, 0.1) is 23.8 Å². The van der Waals surface area contributed by atoms with Gasteiger partial charge in [0.1, 0.15) is 11.1 Å². The number of rotatable bonds is 1. The number of hydrogen-bond donors (Lipinski definition) is 1. The van der Waals surface area contributed by atoms with Gasteiger partial charge in [0.25, 0.3) is 5.91 Å². The molecule has 0 saturated carbocycles. The number of benzene rings is 1. The maximum absolute atomic E-state index is 12.6. The fraction of sp³-hybridized carbons (Fsp3) is 0.357. The zero-order chi connectivity index (χ0) is 14.3. The maximum Gasteiger partial charge on any atom is 0.302 e. The van der Waals surface area contributed by atoms with E-state index in [0.29, 0.717) is 23.5 Å². The second-order valence-electron chi connectivity index (χ2n) is 4.98. The molecule has 0 aliphatic carbocycles. The van der Waals surface area contributed by atoms with Gasteiger partial charge in [0.15, 0.2) is 0 Å².